The monoisotopic (exact) mass is 378 g/mol. The average Bonchev–Trinajstić information content (AvgIpc) is 2.58. The molecule has 0 spiro atoms. The third-order valence-corrected chi connectivity index (χ3v) is 4.00. The van der Waals surface area contributed by atoms with Crippen LogP contribution in [0.1, 0.15) is 31.9 Å². The Hall–Kier alpha value is -1.79. The second-order valence-corrected chi connectivity index (χ2v) is 7.90. The first-order chi connectivity index (χ1) is 12.8. The zero-order valence-electron chi connectivity index (χ0n) is 18.2. The van der Waals surface area contributed by atoms with E-state index in [4.69, 9.17) is 14.5 Å². The van der Waals surface area contributed by atoms with Gasteiger partial charge in [0.1, 0.15) is 12.4 Å². The van der Waals surface area contributed by atoms with Gasteiger partial charge < -0.3 is 25.0 Å². The highest BCUT2D eigenvalue weighted by Gasteiger charge is 2.19. The van der Waals surface area contributed by atoms with E-state index in [1.54, 1.807) is 7.11 Å². The molecule has 154 valence electrons. The van der Waals surface area contributed by atoms with Crippen LogP contribution in [0.3, 0.4) is 0 Å². The van der Waals surface area contributed by atoms with Crippen molar-refractivity contribution in [1.82, 2.24) is 15.5 Å². The van der Waals surface area contributed by atoms with Gasteiger partial charge in [-0.2, -0.15) is 0 Å². The number of ether oxygens (including phenoxy) is 2. The number of hydrogen-bond donors (Lipinski definition) is 2. The largest absolute Gasteiger partial charge is 0.491 e. The summed E-state index contributed by atoms with van der Waals surface area (Å²) in [6, 6.07) is 6.23. The van der Waals surface area contributed by atoms with Crippen LogP contribution in [-0.4, -0.2) is 64.9 Å². The Kier molecular flexibility index (Phi) is 10.2. The van der Waals surface area contributed by atoms with Crippen molar-refractivity contribution in [3.63, 3.8) is 0 Å². The summed E-state index contributed by atoms with van der Waals surface area (Å²) < 4.78 is 10.9. The predicted molar refractivity (Wildman–Crippen MR) is 114 cm³/mol. The minimum Gasteiger partial charge on any atom is -0.491 e. The van der Waals surface area contributed by atoms with Crippen LogP contribution in [0.15, 0.2) is 23.2 Å². The zero-order valence-corrected chi connectivity index (χ0v) is 18.2. The van der Waals surface area contributed by atoms with E-state index in [0.29, 0.717) is 19.8 Å². The predicted octanol–water partition coefficient (Wildman–Crippen LogP) is 2.66. The van der Waals surface area contributed by atoms with Gasteiger partial charge in [-0.05, 0) is 45.0 Å². The van der Waals surface area contributed by atoms with Gasteiger partial charge in [0.05, 0.1) is 13.2 Å². The molecule has 0 aliphatic carbocycles. The maximum Gasteiger partial charge on any atom is 0.191 e. The lowest BCUT2D eigenvalue weighted by molar-refractivity contribution is 0.145. The molecule has 1 rings (SSSR count). The van der Waals surface area contributed by atoms with Crippen molar-refractivity contribution in [2.75, 3.05) is 54.1 Å². The van der Waals surface area contributed by atoms with E-state index < -0.39 is 0 Å². The van der Waals surface area contributed by atoms with E-state index in [1.165, 1.54) is 5.56 Å². The fourth-order valence-electron chi connectivity index (χ4n) is 2.90. The third kappa shape index (κ3) is 9.63. The second-order valence-electron chi connectivity index (χ2n) is 7.90. The van der Waals surface area contributed by atoms with Crippen molar-refractivity contribution in [2.45, 2.75) is 34.2 Å². The molecule has 1 aromatic carbocycles. The minimum absolute atomic E-state index is 0.151. The Morgan fingerprint density at radius 2 is 1.93 bits per heavy atom. The maximum atomic E-state index is 5.87. The zero-order chi connectivity index (χ0) is 20.3. The van der Waals surface area contributed by atoms with Crippen LogP contribution in [0.25, 0.3) is 0 Å². The van der Waals surface area contributed by atoms with Crippen LogP contribution in [0.2, 0.25) is 0 Å². The first-order valence-corrected chi connectivity index (χ1v) is 9.65. The molecule has 0 aromatic heterocycles. The molecule has 0 heterocycles. The molecule has 0 aliphatic heterocycles. The number of benzene rings is 1. The summed E-state index contributed by atoms with van der Waals surface area (Å²) in [7, 11) is 5.88. The Labute approximate surface area is 165 Å². The molecule has 0 saturated carbocycles. The van der Waals surface area contributed by atoms with Crippen molar-refractivity contribution >= 4 is 5.96 Å². The van der Waals surface area contributed by atoms with Crippen LogP contribution in [0.4, 0.5) is 0 Å². The fraction of sp³-hybridized carbons (Fsp3) is 0.667. The molecule has 0 aliphatic rings. The molecule has 0 bridgehead atoms. The highest BCUT2D eigenvalue weighted by Crippen LogP contribution is 2.21. The average molecular weight is 379 g/mol. The smallest absolute Gasteiger partial charge is 0.191 e. The highest BCUT2D eigenvalue weighted by molar-refractivity contribution is 5.79. The van der Waals surface area contributed by atoms with Gasteiger partial charge in [0.25, 0.3) is 0 Å². The van der Waals surface area contributed by atoms with Gasteiger partial charge in [-0.15, -0.1) is 0 Å². The van der Waals surface area contributed by atoms with Crippen LogP contribution >= 0.6 is 0 Å². The van der Waals surface area contributed by atoms with Gasteiger partial charge >= 0.3 is 0 Å². The first-order valence-electron chi connectivity index (χ1n) is 9.65. The summed E-state index contributed by atoms with van der Waals surface area (Å²) >= 11 is 0. The third-order valence-electron chi connectivity index (χ3n) is 4.00. The normalized spacial score (nSPS) is 12.4. The van der Waals surface area contributed by atoms with Crippen molar-refractivity contribution < 1.29 is 9.47 Å². The summed E-state index contributed by atoms with van der Waals surface area (Å²) in [6.45, 7) is 13.0. The van der Waals surface area contributed by atoms with Crippen LogP contribution in [0.5, 0.6) is 5.75 Å². The van der Waals surface area contributed by atoms with E-state index in [9.17, 15) is 0 Å². The van der Waals surface area contributed by atoms with Gasteiger partial charge in [0.15, 0.2) is 5.96 Å². The Bertz CT molecular complexity index is 586. The number of nitrogens with one attached hydrogen (secondary N) is 2. The lowest BCUT2D eigenvalue weighted by Crippen LogP contribution is -2.44. The maximum absolute atomic E-state index is 5.87. The molecule has 0 radical (unpaired) electrons. The van der Waals surface area contributed by atoms with E-state index in [2.05, 4.69) is 75.5 Å². The van der Waals surface area contributed by atoms with Crippen molar-refractivity contribution in [3.05, 3.63) is 29.3 Å². The van der Waals surface area contributed by atoms with Crippen molar-refractivity contribution in [1.29, 1.82) is 0 Å². The van der Waals surface area contributed by atoms with Gasteiger partial charge in [0, 0.05) is 32.3 Å². The lowest BCUT2D eigenvalue weighted by atomic mass is 9.93. The quantitative estimate of drug-likeness (QED) is 0.352. The fourth-order valence-corrected chi connectivity index (χ4v) is 2.90. The number of nitrogens with zero attached hydrogens (tertiary/aromatic N) is 2. The van der Waals surface area contributed by atoms with Crippen LogP contribution in [-0.2, 0) is 11.3 Å². The van der Waals surface area contributed by atoms with E-state index in [1.807, 2.05) is 0 Å². The number of hydrogen-bond acceptors (Lipinski definition) is 4. The van der Waals surface area contributed by atoms with Gasteiger partial charge in [-0.25, -0.2) is 4.99 Å². The molecule has 0 amide bonds. The molecule has 0 saturated heterocycles. The SMILES string of the molecule is CCNC(=NCc1ccc(C)cc1OCCOC)NCC(C)(C)CN(C)C. The first kappa shape index (κ1) is 23.2. The molecular formula is C21H38N4O2. The second kappa shape index (κ2) is 11.8. The Balaban J connectivity index is 2.79. The molecule has 0 atom stereocenters. The standard InChI is InChI=1S/C21H38N4O2/c1-8-22-20(24-15-21(3,4)16-25(5)6)23-14-18-10-9-17(2)13-19(18)27-12-11-26-7/h9-10,13H,8,11-12,14-16H2,1-7H3,(H2,22,23,24). The molecule has 0 unspecified atom stereocenters. The van der Waals surface area contributed by atoms with Gasteiger partial charge in [0.2, 0.25) is 0 Å². The molecule has 1 aromatic rings. The van der Waals surface area contributed by atoms with Crippen molar-refractivity contribution in [2.24, 2.45) is 10.4 Å². The summed E-state index contributed by atoms with van der Waals surface area (Å²) in [4.78, 5) is 6.96. The van der Waals surface area contributed by atoms with Crippen LogP contribution < -0.4 is 15.4 Å². The molecular weight excluding hydrogens is 340 g/mol. The topological polar surface area (TPSA) is 58.1 Å². The Morgan fingerprint density at radius 1 is 1.19 bits per heavy atom. The molecule has 2 N–H and O–H groups in total. The number of aryl methyl sites for hydroxylation is 1. The van der Waals surface area contributed by atoms with Gasteiger partial charge in [-0.1, -0.05) is 26.0 Å². The summed E-state index contributed by atoms with van der Waals surface area (Å²) in [6.07, 6.45) is 0. The molecule has 27 heavy (non-hydrogen) atoms. The number of aliphatic imine (C=N–C) groups is 1. The summed E-state index contributed by atoms with van der Waals surface area (Å²) in [5.41, 5.74) is 2.39. The summed E-state index contributed by atoms with van der Waals surface area (Å²) in [5.74, 6) is 1.70. The molecule has 6 nitrogen and oxygen atoms in total. The molecule has 0 fully saturated rings. The Morgan fingerprint density at radius 3 is 2.56 bits per heavy atom. The van der Waals surface area contributed by atoms with E-state index >= 15 is 0 Å². The molecule has 6 heteroatoms. The van der Waals surface area contributed by atoms with Gasteiger partial charge in [-0.3, -0.25) is 0 Å². The highest BCUT2D eigenvalue weighted by atomic mass is 16.5. The van der Waals surface area contributed by atoms with E-state index in [0.717, 1.165) is 36.9 Å². The number of rotatable bonds is 11. The van der Waals surface area contributed by atoms with Crippen molar-refractivity contribution in [3.8, 4) is 5.75 Å². The minimum atomic E-state index is 0.151. The number of guanidine groups is 1. The number of methoxy groups -OCH3 is 1. The van der Waals surface area contributed by atoms with E-state index in [-0.39, 0.29) is 5.41 Å². The van der Waals surface area contributed by atoms with Crippen LogP contribution in [0, 0.1) is 12.3 Å². The lowest BCUT2D eigenvalue weighted by Gasteiger charge is -2.29. The summed E-state index contributed by atoms with van der Waals surface area (Å²) in [5, 5.41) is 6.80.